The summed E-state index contributed by atoms with van der Waals surface area (Å²) in [4.78, 5) is 0. The van der Waals surface area contributed by atoms with E-state index in [-0.39, 0.29) is 0 Å². The van der Waals surface area contributed by atoms with Crippen molar-refractivity contribution in [3.8, 4) is 0 Å². The van der Waals surface area contributed by atoms with Gasteiger partial charge in [0.15, 0.2) is 0 Å². The van der Waals surface area contributed by atoms with Crippen LogP contribution < -0.4 is 0 Å². The minimum Gasteiger partial charge on any atom is -0.0850 e. The maximum absolute atomic E-state index is 2.51. The SMILES string of the molecule is CC(C)=C1CCC2=CCCCC2C1. The molecule has 0 aromatic heterocycles. The summed E-state index contributed by atoms with van der Waals surface area (Å²) in [5.41, 5.74) is 5.09. The Morgan fingerprint density at radius 1 is 1.31 bits per heavy atom. The lowest BCUT2D eigenvalue weighted by Crippen LogP contribution is -2.15. The van der Waals surface area contributed by atoms with E-state index < -0.39 is 0 Å². The second-order valence-electron chi connectivity index (χ2n) is 4.71. The van der Waals surface area contributed by atoms with Gasteiger partial charge >= 0.3 is 0 Å². The van der Waals surface area contributed by atoms with Gasteiger partial charge < -0.3 is 0 Å². The van der Waals surface area contributed by atoms with Crippen LogP contribution in [0.5, 0.6) is 0 Å². The lowest BCUT2D eigenvalue weighted by atomic mass is 9.75. The van der Waals surface area contributed by atoms with Gasteiger partial charge in [0.25, 0.3) is 0 Å². The molecule has 72 valence electrons. The zero-order valence-electron chi connectivity index (χ0n) is 8.90. The van der Waals surface area contributed by atoms with Crippen LogP contribution in [0.1, 0.15) is 52.4 Å². The second-order valence-corrected chi connectivity index (χ2v) is 4.71. The molecule has 2 aliphatic rings. The van der Waals surface area contributed by atoms with Crippen LogP contribution >= 0.6 is 0 Å². The van der Waals surface area contributed by atoms with E-state index in [2.05, 4.69) is 19.9 Å². The van der Waals surface area contributed by atoms with Crippen LogP contribution in [0.25, 0.3) is 0 Å². The minimum absolute atomic E-state index is 0.924. The van der Waals surface area contributed by atoms with E-state index in [9.17, 15) is 0 Å². The number of hydrogen-bond acceptors (Lipinski definition) is 0. The van der Waals surface area contributed by atoms with Crippen molar-refractivity contribution in [3.05, 3.63) is 22.8 Å². The van der Waals surface area contributed by atoms with Crippen molar-refractivity contribution in [1.29, 1.82) is 0 Å². The van der Waals surface area contributed by atoms with Crippen molar-refractivity contribution in [2.24, 2.45) is 5.92 Å². The Morgan fingerprint density at radius 2 is 2.15 bits per heavy atom. The Kier molecular flexibility index (Phi) is 2.57. The van der Waals surface area contributed by atoms with Crippen LogP contribution in [0, 0.1) is 5.92 Å². The Morgan fingerprint density at radius 3 is 2.92 bits per heavy atom. The first-order valence-corrected chi connectivity index (χ1v) is 5.61. The zero-order valence-corrected chi connectivity index (χ0v) is 8.90. The summed E-state index contributed by atoms with van der Waals surface area (Å²) in [7, 11) is 0. The summed E-state index contributed by atoms with van der Waals surface area (Å²) in [6.07, 6.45) is 10.8. The largest absolute Gasteiger partial charge is 0.0850 e. The van der Waals surface area contributed by atoms with E-state index >= 15 is 0 Å². The summed E-state index contributed by atoms with van der Waals surface area (Å²) in [6, 6.07) is 0. The van der Waals surface area contributed by atoms with Crippen molar-refractivity contribution in [2.75, 3.05) is 0 Å². The maximum Gasteiger partial charge on any atom is -0.0166 e. The van der Waals surface area contributed by atoms with E-state index in [0.29, 0.717) is 0 Å². The number of fused-ring (bicyclic) bond motifs is 1. The number of allylic oxidation sites excluding steroid dienone is 4. The summed E-state index contributed by atoms with van der Waals surface area (Å²) >= 11 is 0. The van der Waals surface area contributed by atoms with Crippen molar-refractivity contribution in [2.45, 2.75) is 52.4 Å². The lowest BCUT2D eigenvalue weighted by molar-refractivity contribution is 0.454. The van der Waals surface area contributed by atoms with E-state index in [1.54, 1.807) is 16.7 Å². The molecule has 0 heterocycles. The highest BCUT2D eigenvalue weighted by molar-refractivity contribution is 5.23. The molecule has 0 bridgehead atoms. The second kappa shape index (κ2) is 3.69. The van der Waals surface area contributed by atoms with Crippen LogP contribution in [0.2, 0.25) is 0 Å². The average molecular weight is 176 g/mol. The van der Waals surface area contributed by atoms with Gasteiger partial charge in [-0.1, -0.05) is 22.8 Å². The van der Waals surface area contributed by atoms with E-state index in [1.165, 1.54) is 38.5 Å². The quantitative estimate of drug-likeness (QED) is 0.484. The van der Waals surface area contributed by atoms with Crippen LogP contribution in [0.4, 0.5) is 0 Å². The number of rotatable bonds is 0. The van der Waals surface area contributed by atoms with Crippen molar-refractivity contribution >= 4 is 0 Å². The highest BCUT2D eigenvalue weighted by Gasteiger charge is 2.23. The van der Waals surface area contributed by atoms with Gasteiger partial charge in [0, 0.05) is 0 Å². The van der Waals surface area contributed by atoms with Crippen molar-refractivity contribution < 1.29 is 0 Å². The molecule has 0 amide bonds. The molecule has 0 aliphatic heterocycles. The van der Waals surface area contributed by atoms with Gasteiger partial charge in [-0.3, -0.25) is 0 Å². The molecule has 2 aliphatic carbocycles. The lowest BCUT2D eigenvalue weighted by Gasteiger charge is -2.31. The third kappa shape index (κ3) is 1.87. The van der Waals surface area contributed by atoms with Crippen LogP contribution in [0.3, 0.4) is 0 Å². The van der Waals surface area contributed by atoms with E-state index in [0.717, 1.165) is 5.92 Å². The minimum atomic E-state index is 0.924. The number of hydrogen-bond donors (Lipinski definition) is 0. The van der Waals surface area contributed by atoms with Gasteiger partial charge in [-0.2, -0.15) is 0 Å². The highest BCUT2D eigenvalue weighted by Crippen LogP contribution is 2.39. The van der Waals surface area contributed by atoms with Crippen LogP contribution in [0.15, 0.2) is 22.8 Å². The summed E-state index contributed by atoms with van der Waals surface area (Å²) in [5, 5.41) is 0. The average Bonchev–Trinajstić information content (AvgIpc) is 2.17. The third-order valence-corrected chi connectivity index (χ3v) is 3.60. The summed E-state index contributed by atoms with van der Waals surface area (Å²) < 4.78 is 0. The molecule has 0 saturated heterocycles. The van der Waals surface area contributed by atoms with Gasteiger partial charge in [-0.05, 0) is 58.3 Å². The normalized spacial score (nSPS) is 28.0. The molecule has 0 radical (unpaired) electrons. The Labute approximate surface area is 81.7 Å². The van der Waals surface area contributed by atoms with Crippen molar-refractivity contribution in [1.82, 2.24) is 0 Å². The first-order valence-electron chi connectivity index (χ1n) is 5.61. The smallest absolute Gasteiger partial charge is 0.0166 e. The fourth-order valence-corrected chi connectivity index (χ4v) is 2.69. The van der Waals surface area contributed by atoms with Gasteiger partial charge in [0.1, 0.15) is 0 Å². The molecule has 0 aromatic rings. The Balaban J connectivity index is 2.13. The van der Waals surface area contributed by atoms with Gasteiger partial charge in [-0.25, -0.2) is 0 Å². The molecule has 0 N–H and O–H groups in total. The molecule has 1 saturated carbocycles. The van der Waals surface area contributed by atoms with Crippen LogP contribution in [-0.4, -0.2) is 0 Å². The monoisotopic (exact) mass is 176 g/mol. The molecular formula is C13H20. The van der Waals surface area contributed by atoms with E-state index in [4.69, 9.17) is 0 Å². The third-order valence-electron chi connectivity index (χ3n) is 3.60. The molecule has 2 rings (SSSR count). The van der Waals surface area contributed by atoms with Gasteiger partial charge in [-0.15, -0.1) is 0 Å². The molecule has 1 unspecified atom stereocenters. The molecule has 1 fully saturated rings. The van der Waals surface area contributed by atoms with Gasteiger partial charge in [0.2, 0.25) is 0 Å². The molecule has 0 aromatic carbocycles. The van der Waals surface area contributed by atoms with Crippen molar-refractivity contribution in [3.63, 3.8) is 0 Å². The topological polar surface area (TPSA) is 0 Å². The predicted octanol–water partition coefficient (Wildman–Crippen LogP) is 4.23. The molecule has 13 heavy (non-hydrogen) atoms. The molecule has 1 atom stereocenters. The van der Waals surface area contributed by atoms with E-state index in [1.807, 2.05) is 0 Å². The summed E-state index contributed by atoms with van der Waals surface area (Å²) in [6.45, 7) is 4.54. The molecular weight excluding hydrogens is 156 g/mol. The van der Waals surface area contributed by atoms with Crippen LogP contribution in [-0.2, 0) is 0 Å². The summed E-state index contributed by atoms with van der Waals surface area (Å²) in [5.74, 6) is 0.924. The fourth-order valence-electron chi connectivity index (χ4n) is 2.69. The highest BCUT2D eigenvalue weighted by atomic mass is 14.3. The molecule has 0 spiro atoms. The standard InChI is InChI=1S/C13H20/c1-10(2)12-8-7-11-5-3-4-6-13(11)9-12/h5,13H,3-4,6-9H2,1-2H3. The Hall–Kier alpha value is -0.520. The molecule has 0 heteroatoms. The predicted molar refractivity (Wildman–Crippen MR) is 57.6 cm³/mol. The Bertz CT molecular complexity index is 251. The fraction of sp³-hybridized carbons (Fsp3) is 0.692. The maximum atomic E-state index is 2.51. The first-order chi connectivity index (χ1) is 6.27. The first kappa shape index (κ1) is 9.05. The van der Waals surface area contributed by atoms with Gasteiger partial charge in [0.05, 0.1) is 0 Å². The zero-order chi connectivity index (χ0) is 9.26. The molecule has 0 nitrogen and oxygen atoms in total.